The van der Waals surface area contributed by atoms with Crippen LogP contribution in [0.2, 0.25) is 0 Å². The van der Waals surface area contributed by atoms with Gasteiger partial charge in [-0.15, -0.1) is 0 Å². The van der Waals surface area contributed by atoms with E-state index >= 15 is 0 Å². The van der Waals surface area contributed by atoms with Crippen molar-refractivity contribution in [1.29, 1.82) is 0 Å². The number of nitrogens with one attached hydrogen (secondary N) is 1. The van der Waals surface area contributed by atoms with E-state index in [1.807, 2.05) is 0 Å². The number of H-pyrrole nitrogens is 1. The summed E-state index contributed by atoms with van der Waals surface area (Å²) < 4.78 is 25.7. The molecule has 0 bridgehead atoms. The molecule has 0 aromatic carbocycles. The number of thiol groups is 1. The molecule has 0 amide bonds. The second kappa shape index (κ2) is 12.9. The third kappa shape index (κ3) is 7.19. The average molecular weight is 647 g/mol. The molecule has 7 atom stereocenters. The SMILES string of the molecule is Cc1cn([C@H]2C[C@H](O)[C@@H](CO[P+](S)([Se-])O[C@H]3C[C@H](n4cc(C)c(=O)[nH]c4=O)O[C@@H]3CO)O2)c(=O)nc1[O-].[Na+]. The molecular formula is C20H26N4NaO10PSSe. The van der Waals surface area contributed by atoms with Gasteiger partial charge >= 0.3 is 253 Å². The van der Waals surface area contributed by atoms with Gasteiger partial charge in [0.25, 0.3) is 0 Å². The van der Waals surface area contributed by atoms with E-state index in [1.54, 1.807) is 6.92 Å². The van der Waals surface area contributed by atoms with E-state index < -0.39 is 71.9 Å². The summed E-state index contributed by atoms with van der Waals surface area (Å²) in [6, 6.07) is 0. The normalized spacial score (nSPS) is 28.7. The molecule has 38 heavy (non-hydrogen) atoms. The van der Waals surface area contributed by atoms with Gasteiger partial charge in [-0.2, -0.15) is 0 Å². The van der Waals surface area contributed by atoms with Gasteiger partial charge in [-0.05, 0) is 0 Å². The maximum atomic E-state index is 12.2. The van der Waals surface area contributed by atoms with Gasteiger partial charge in [-0.3, -0.25) is 0 Å². The Labute approximate surface area is 252 Å². The Hall–Kier alpha value is -0.581. The number of aliphatic hydroxyl groups excluding tert-OH is 2. The number of aromatic amines is 1. The molecule has 0 radical (unpaired) electrons. The van der Waals surface area contributed by atoms with E-state index in [1.165, 1.54) is 23.9 Å². The van der Waals surface area contributed by atoms with Crippen molar-refractivity contribution in [2.45, 2.75) is 63.6 Å². The third-order valence-electron chi connectivity index (χ3n) is 6.09. The van der Waals surface area contributed by atoms with Gasteiger partial charge in [0.2, 0.25) is 0 Å². The van der Waals surface area contributed by atoms with Crippen molar-refractivity contribution in [3.05, 3.63) is 54.8 Å². The summed E-state index contributed by atoms with van der Waals surface area (Å²) >= 11 is 7.22. The minimum atomic E-state index is -2.96. The molecule has 2 saturated heterocycles. The Kier molecular flexibility index (Phi) is 10.9. The fourth-order valence-electron chi connectivity index (χ4n) is 4.11. The van der Waals surface area contributed by atoms with Crippen molar-refractivity contribution in [1.82, 2.24) is 19.1 Å². The molecule has 4 heterocycles. The number of hydrogen-bond acceptors (Lipinski definition) is 12. The predicted molar refractivity (Wildman–Crippen MR) is 131 cm³/mol. The molecule has 0 spiro atoms. The largest absolute Gasteiger partial charge is 1.00 e. The van der Waals surface area contributed by atoms with E-state index in [9.17, 15) is 29.7 Å². The summed E-state index contributed by atoms with van der Waals surface area (Å²) in [5.41, 5.74) is -4.31. The van der Waals surface area contributed by atoms with E-state index in [0.29, 0.717) is 5.56 Å². The summed E-state index contributed by atoms with van der Waals surface area (Å²) in [5.74, 6) is -0.622. The van der Waals surface area contributed by atoms with E-state index in [4.69, 9.17) is 18.5 Å². The van der Waals surface area contributed by atoms with Crippen LogP contribution in [0.4, 0.5) is 0 Å². The second-order valence-electron chi connectivity index (χ2n) is 8.79. The molecule has 14 nitrogen and oxygen atoms in total. The molecule has 2 aliphatic heterocycles. The first-order chi connectivity index (χ1) is 17.4. The van der Waals surface area contributed by atoms with E-state index in [-0.39, 0.29) is 54.6 Å². The summed E-state index contributed by atoms with van der Waals surface area (Å²) in [4.78, 5) is 41.6. The maximum absolute atomic E-state index is 12.2. The molecule has 3 N–H and O–H groups in total. The van der Waals surface area contributed by atoms with Crippen LogP contribution >= 0.6 is 17.9 Å². The van der Waals surface area contributed by atoms with Crippen molar-refractivity contribution in [3.8, 4) is 5.88 Å². The minimum Gasteiger partial charge on any atom is 1.00 e. The van der Waals surface area contributed by atoms with Crippen LogP contribution in [0.3, 0.4) is 0 Å². The van der Waals surface area contributed by atoms with Gasteiger partial charge < -0.3 is 0 Å². The summed E-state index contributed by atoms with van der Waals surface area (Å²) in [6.45, 7) is 2.54. The number of rotatable bonds is 8. The van der Waals surface area contributed by atoms with Crippen LogP contribution in [-0.2, 0) is 18.5 Å². The first-order valence-corrected chi connectivity index (χ1v) is 16.2. The van der Waals surface area contributed by atoms with Gasteiger partial charge in [-0.1, -0.05) is 0 Å². The Morgan fingerprint density at radius 1 is 1.18 bits per heavy atom. The molecular weight excluding hydrogens is 621 g/mol. The second-order valence-corrected chi connectivity index (χ2v) is 16.6. The molecule has 1 unspecified atom stereocenters. The molecule has 4 rings (SSSR count). The molecule has 2 aromatic heterocycles. The fourth-order valence-corrected chi connectivity index (χ4v) is 6.71. The zero-order valence-electron chi connectivity index (χ0n) is 20.8. The van der Waals surface area contributed by atoms with Gasteiger partial charge in [0, 0.05) is 0 Å². The smallest absolute Gasteiger partial charge is 1.00 e. The number of hydrogen-bond donors (Lipinski definition) is 4. The Balaban J connectivity index is 0.00000400. The molecule has 18 heteroatoms. The Morgan fingerprint density at radius 3 is 2.50 bits per heavy atom. The predicted octanol–water partition coefficient (Wildman–Crippen LogP) is -4.41. The first-order valence-electron chi connectivity index (χ1n) is 11.2. The molecule has 2 aliphatic rings. The van der Waals surface area contributed by atoms with Gasteiger partial charge in [0.1, 0.15) is 0 Å². The summed E-state index contributed by atoms with van der Waals surface area (Å²) in [7, 11) is 0. The molecule has 2 fully saturated rings. The van der Waals surface area contributed by atoms with E-state index in [2.05, 4.69) is 37.8 Å². The van der Waals surface area contributed by atoms with Crippen molar-refractivity contribution < 1.29 is 63.4 Å². The number of aliphatic hydroxyl groups is 2. The first kappa shape index (κ1) is 31.9. The van der Waals surface area contributed by atoms with Crippen LogP contribution in [-0.4, -0.2) is 82.5 Å². The minimum absolute atomic E-state index is 0. The summed E-state index contributed by atoms with van der Waals surface area (Å²) in [6.07, 6.45) is -1.97. The van der Waals surface area contributed by atoms with Crippen LogP contribution in [0.25, 0.3) is 0 Å². The third-order valence-corrected chi connectivity index (χ3v) is 8.94. The van der Waals surface area contributed by atoms with Crippen molar-refractivity contribution in [2.24, 2.45) is 0 Å². The topological polar surface area (TPSA) is 190 Å². The van der Waals surface area contributed by atoms with Crippen LogP contribution in [0, 0.1) is 13.8 Å². The molecule has 204 valence electrons. The van der Waals surface area contributed by atoms with Crippen LogP contribution in [0.1, 0.15) is 36.4 Å². The fraction of sp³-hybridized carbons (Fsp3) is 0.600. The van der Waals surface area contributed by atoms with Gasteiger partial charge in [-0.25, -0.2) is 0 Å². The zero-order valence-corrected chi connectivity index (χ0v) is 26.3. The van der Waals surface area contributed by atoms with Crippen molar-refractivity contribution >= 4 is 33.4 Å². The van der Waals surface area contributed by atoms with Gasteiger partial charge in [0.05, 0.1) is 0 Å². The van der Waals surface area contributed by atoms with Gasteiger partial charge in [0.15, 0.2) is 0 Å². The molecule has 0 saturated carbocycles. The monoisotopic (exact) mass is 648 g/mol. The number of aryl methyl sites for hydroxylation is 2. The zero-order chi connectivity index (χ0) is 27.1. The van der Waals surface area contributed by atoms with Crippen molar-refractivity contribution in [2.75, 3.05) is 13.2 Å². The van der Waals surface area contributed by atoms with E-state index in [0.717, 1.165) is 4.57 Å². The molecule has 0 aliphatic carbocycles. The van der Waals surface area contributed by atoms with Crippen LogP contribution in [0.5, 0.6) is 5.88 Å². The van der Waals surface area contributed by atoms with Crippen LogP contribution < -0.4 is 51.6 Å². The van der Waals surface area contributed by atoms with Crippen molar-refractivity contribution in [3.63, 3.8) is 0 Å². The number of ether oxygens (including phenoxy) is 2. The molecule has 2 aromatic rings. The Morgan fingerprint density at radius 2 is 1.82 bits per heavy atom. The Bertz CT molecular complexity index is 1330. The number of aromatic nitrogens is 4. The van der Waals surface area contributed by atoms with Crippen LogP contribution in [0.15, 0.2) is 26.8 Å². The quantitative estimate of drug-likeness (QED) is 0.123. The summed E-state index contributed by atoms with van der Waals surface area (Å²) in [5, 5.41) is 31.8. The number of nitrogens with zero attached hydrogens (tertiary/aromatic N) is 3. The average Bonchev–Trinajstić information content (AvgIpc) is 3.39. The maximum Gasteiger partial charge on any atom is 1.00 e. The standard InChI is InChI=1S/C20H27N4O10PSSe.Na/c1-9-5-23(19(29)21-17(9)27)15-3-11(26)14(33-15)8-31-35(36,37)34-12-4-16(32-13(12)7-25)24-6-10(2)18(28)22-20(24)30;/h5-6,11-16,25-26H,3-4,7-8H2,1-2H3,(H,36,37)(H,21,27,29)(H,22,28,30);/q;+1/p-1/t11-,12-,13+,14+,15+,16+,35?;/m0./s1.